The third-order valence-electron chi connectivity index (χ3n) is 5.20. The molecule has 0 radical (unpaired) electrons. The third kappa shape index (κ3) is 5.39. The van der Waals surface area contributed by atoms with Crippen molar-refractivity contribution in [1.82, 2.24) is 0 Å². The van der Waals surface area contributed by atoms with Gasteiger partial charge in [-0.1, -0.05) is 24.3 Å². The van der Waals surface area contributed by atoms with Crippen LogP contribution in [0.4, 0.5) is 40.8 Å². The van der Waals surface area contributed by atoms with Gasteiger partial charge in [0.2, 0.25) is 0 Å². The van der Waals surface area contributed by atoms with Crippen LogP contribution in [0.3, 0.4) is 0 Å². The standard InChI is InChI=1S/C24H16F8N2O/c1-12-4-2-3-5-13(12)22-14-6-16(25)18(33-10-23(27,28)29)8-20(14)35-21-9-19(17(26)7-15(21)22)34-11-24(30,31)32/h2-9,33H,10-11H2,1H3/b34-19-. The van der Waals surface area contributed by atoms with Crippen molar-refractivity contribution in [1.29, 1.82) is 0 Å². The van der Waals surface area contributed by atoms with E-state index in [-0.39, 0.29) is 22.3 Å². The lowest BCUT2D eigenvalue weighted by molar-refractivity contribution is -0.118. The molecule has 0 aromatic heterocycles. The van der Waals surface area contributed by atoms with E-state index in [4.69, 9.17) is 4.42 Å². The predicted molar refractivity (Wildman–Crippen MR) is 114 cm³/mol. The van der Waals surface area contributed by atoms with E-state index in [1.807, 2.05) is 5.32 Å². The van der Waals surface area contributed by atoms with Crippen molar-refractivity contribution in [3.63, 3.8) is 0 Å². The number of alkyl halides is 6. The summed E-state index contributed by atoms with van der Waals surface area (Å²) in [5.74, 6) is -2.12. The molecule has 0 bridgehead atoms. The number of aryl methyl sites for hydroxylation is 1. The molecule has 1 N–H and O–H groups in total. The fraction of sp³-hybridized carbons (Fsp3) is 0.208. The highest BCUT2D eigenvalue weighted by molar-refractivity contribution is 6.03. The number of anilines is 1. The number of fused-ring (bicyclic) bond motifs is 2. The summed E-state index contributed by atoms with van der Waals surface area (Å²) in [6.45, 7) is -1.38. The molecule has 0 spiro atoms. The van der Waals surface area contributed by atoms with Crippen LogP contribution in [0, 0.1) is 18.6 Å². The van der Waals surface area contributed by atoms with Gasteiger partial charge >= 0.3 is 12.4 Å². The second-order valence-electron chi connectivity index (χ2n) is 7.82. The fourth-order valence-electron chi connectivity index (χ4n) is 3.69. The summed E-state index contributed by atoms with van der Waals surface area (Å²) in [7, 11) is 0. The first-order valence-electron chi connectivity index (χ1n) is 10.2. The Hall–Kier alpha value is -3.63. The number of nitrogens with one attached hydrogen (secondary N) is 1. The Bertz CT molecular complexity index is 1440. The van der Waals surface area contributed by atoms with Crippen LogP contribution in [0.25, 0.3) is 33.4 Å². The van der Waals surface area contributed by atoms with Crippen LogP contribution in [0.5, 0.6) is 0 Å². The van der Waals surface area contributed by atoms with E-state index < -0.39 is 48.1 Å². The van der Waals surface area contributed by atoms with Gasteiger partial charge in [0, 0.05) is 28.6 Å². The van der Waals surface area contributed by atoms with Crippen molar-refractivity contribution in [2.75, 3.05) is 18.4 Å². The van der Waals surface area contributed by atoms with Gasteiger partial charge in [-0.2, -0.15) is 26.3 Å². The molecule has 4 rings (SSSR count). The lowest BCUT2D eigenvalue weighted by atomic mass is 9.91. The summed E-state index contributed by atoms with van der Waals surface area (Å²) < 4.78 is 111. The first kappa shape index (κ1) is 24.5. The van der Waals surface area contributed by atoms with Crippen LogP contribution in [-0.4, -0.2) is 25.4 Å². The maximum absolute atomic E-state index is 14.8. The quantitative estimate of drug-likeness (QED) is 0.237. The second kappa shape index (κ2) is 8.86. The lowest BCUT2D eigenvalue weighted by Crippen LogP contribution is -2.21. The highest BCUT2D eigenvalue weighted by atomic mass is 19.4. The highest BCUT2D eigenvalue weighted by Crippen LogP contribution is 2.42. The molecule has 1 aliphatic heterocycles. The van der Waals surface area contributed by atoms with Gasteiger partial charge in [0.1, 0.15) is 36.1 Å². The zero-order valence-electron chi connectivity index (χ0n) is 17.9. The molecule has 2 aromatic carbocycles. The smallest absolute Gasteiger partial charge is 0.407 e. The Balaban J connectivity index is 2.03. The van der Waals surface area contributed by atoms with Crippen molar-refractivity contribution in [3.8, 4) is 22.5 Å². The molecule has 184 valence electrons. The van der Waals surface area contributed by atoms with Gasteiger partial charge in [0.15, 0.2) is 0 Å². The van der Waals surface area contributed by atoms with Gasteiger partial charge in [-0.15, -0.1) is 0 Å². The fourth-order valence-corrected chi connectivity index (χ4v) is 3.69. The number of hydrogen-bond donors (Lipinski definition) is 1. The van der Waals surface area contributed by atoms with Crippen LogP contribution < -0.4 is 10.7 Å². The summed E-state index contributed by atoms with van der Waals surface area (Å²) in [4.78, 5) is 3.26. The zero-order valence-corrected chi connectivity index (χ0v) is 17.9. The van der Waals surface area contributed by atoms with E-state index in [1.54, 1.807) is 31.2 Å². The Morgan fingerprint density at radius 2 is 1.57 bits per heavy atom. The SMILES string of the molecule is Cc1ccccc1-c1c2cc(F)/c(=N\CC(F)(F)F)cc-2oc2cc(NCC(F)(F)F)c(F)cc12. The average Bonchev–Trinajstić information content (AvgIpc) is 2.75. The molecule has 35 heavy (non-hydrogen) atoms. The Kier molecular flexibility index (Phi) is 6.20. The molecular weight excluding hydrogens is 484 g/mol. The van der Waals surface area contributed by atoms with Crippen molar-refractivity contribution < 1.29 is 39.5 Å². The normalized spacial score (nSPS) is 13.1. The number of halogens is 8. The van der Waals surface area contributed by atoms with E-state index >= 15 is 0 Å². The molecule has 3 nitrogen and oxygen atoms in total. The van der Waals surface area contributed by atoms with Gasteiger partial charge in [-0.05, 0) is 30.2 Å². The number of benzene rings is 3. The Morgan fingerprint density at radius 1 is 0.857 bits per heavy atom. The summed E-state index contributed by atoms with van der Waals surface area (Å²) >= 11 is 0. The molecule has 2 aliphatic rings. The van der Waals surface area contributed by atoms with Crippen molar-refractivity contribution >= 4 is 16.7 Å². The molecular formula is C24H16F8N2O. The zero-order chi connectivity index (χ0) is 25.5. The minimum Gasteiger partial charge on any atom is -0.456 e. The van der Waals surface area contributed by atoms with Gasteiger partial charge in [0.25, 0.3) is 0 Å². The first-order valence-corrected chi connectivity index (χ1v) is 10.2. The van der Waals surface area contributed by atoms with Crippen molar-refractivity contribution in [2.45, 2.75) is 19.3 Å². The Morgan fingerprint density at radius 3 is 2.23 bits per heavy atom. The summed E-state index contributed by atoms with van der Waals surface area (Å²) in [6, 6.07) is 10.8. The molecule has 0 fully saturated rings. The van der Waals surface area contributed by atoms with Crippen molar-refractivity contribution in [3.05, 3.63) is 71.1 Å². The van der Waals surface area contributed by atoms with Crippen LogP contribution in [0.2, 0.25) is 0 Å². The largest absolute Gasteiger partial charge is 0.456 e. The molecule has 0 saturated heterocycles. The maximum atomic E-state index is 14.8. The first-order chi connectivity index (χ1) is 16.3. The molecule has 1 heterocycles. The summed E-state index contributed by atoms with van der Waals surface area (Å²) in [6.07, 6.45) is -9.27. The van der Waals surface area contributed by atoms with Gasteiger partial charge in [-0.25, -0.2) is 8.78 Å². The molecule has 0 saturated carbocycles. The second-order valence-corrected chi connectivity index (χ2v) is 7.82. The molecule has 0 amide bonds. The lowest BCUT2D eigenvalue weighted by Gasteiger charge is -2.18. The van der Waals surface area contributed by atoms with E-state index in [9.17, 15) is 35.1 Å². The number of nitrogens with zero attached hydrogens (tertiary/aromatic N) is 1. The molecule has 2 aromatic rings. The van der Waals surface area contributed by atoms with E-state index in [1.165, 1.54) is 0 Å². The predicted octanol–water partition coefficient (Wildman–Crippen LogP) is 7.23. The van der Waals surface area contributed by atoms with E-state index in [0.29, 0.717) is 16.7 Å². The topological polar surface area (TPSA) is 37.5 Å². The minimum atomic E-state index is -4.66. The van der Waals surface area contributed by atoms with E-state index in [0.717, 1.165) is 24.3 Å². The third-order valence-corrected chi connectivity index (χ3v) is 5.20. The van der Waals surface area contributed by atoms with Crippen LogP contribution in [-0.2, 0) is 0 Å². The van der Waals surface area contributed by atoms with Crippen LogP contribution in [0.15, 0.2) is 57.9 Å². The molecule has 1 aliphatic carbocycles. The molecule has 0 unspecified atom stereocenters. The summed E-state index contributed by atoms with van der Waals surface area (Å²) in [5.41, 5.74) is 1.15. The van der Waals surface area contributed by atoms with Gasteiger partial charge < -0.3 is 9.73 Å². The van der Waals surface area contributed by atoms with E-state index in [2.05, 4.69) is 4.99 Å². The van der Waals surface area contributed by atoms with Crippen LogP contribution >= 0.6 is 0 Å². The Labute approximate surface area is 193 Å². The molecule has 0 atom stereocenters. The maximum Gasteiger partial charge on any atom is 0.407 e. The monoisotopic (exact) mass is 500 g/mol. The molecule has 11 heteroatoms. The number of hydrogen-bond acceptors (Lipinski definition) is 3. The average molecular weight is 500 g/mol. The number of rotatable bonds is 4. The van der Waals surface area contributed by atoms with Crippen molar-refractivity contribution in [2.24, 2.45) is 4.99 Å². The summed E-state index contributed by atoms with van der Waals surface area (Å²) in [5, 5.41) is 1.49. The van der Waals surface area contributed by atoms with Gasteiger partial charge in [-0.3, -0.25) is 4.99 Å². The highest BCUT2D eigenvalue weighted by Gasteiger charge is 2.28. The van der Waals surface area contributed by atoms with Crippen LogP contribution in [0.1, 0.15) is 5.56 Å². The minimum absolute atomic E-state index is 0.0600. The van der Waals surface area contributed by atoms with Gasteiger partial charge in [0.05, 0.1) is 11.0 Å².